The standard InChI is InChI=1S/C19H23NO3S/c1-6-12-8-13(9-14-10-19(4,5)23-15(12)14)17-20-11(3)16(24-17)18(21)22-7-2/h8-9H,6-7,10H2,1-5H3. The Kier molecular flexibility index (Phi) is 4.38. The number of carbonyl (C=O) groups excluding carboxylic acids is 1. The number of carbonyl (C=O) groups is 1. The van der Waals surface area contributed by atoms with Crippen LogP contribution >= 0.6 is 11.3 Å². The van der Waals surface area contributed by atoms with Gasteiger partial charge in [0, 0.05) is 12.0 Å². The molecule has 0 saturated carbocycles. The van der Waals surface area contributed by atoms with E-state index in [1.807, 2.05) is 13.8 Å². The van der Waals surface area contributed by atoms with E-state index in [-0.39, 0.29) is 11.6 Å². The number of hydrogen-bond donors (Lipinski definition) is 0. The first-order chi connectivity index (χ1) is 11.3. The van der Waals surface area contributed by atoms with Crippen molar-refractivity contribution >= 4 is 17.3 Å². The molecule has 4 nitrogen and oxygen atoms in total. The van der Waals surface area contributed by atoms with Gasteiger partial charge in [0.1, 0.15) is 21.2 Å². The molecule has 0 aliphatic carbocycles. The van der Waals surface area contributed by atoms with Crippen molar-refractivity contribution in [3.63, 3.8) is 0 Å². The second-order valence-corrected chi connectivity index (χ2v) is 7.67. The number of esters is 1. The van der Waals surface area contributed by atoms with Gasteiger partial charge in [0.2, 0.25) is 0 Å². The monoisotopic (exact) mass is 345 g/mol. The molecule has 128 valence electrons. The molecule has 0 amide bonds. The van der Waals surface area contributed by atoms with E-state index in [0.717, 1.165) is 34.9 Å². The van der Waals surface area contributed by atoms with E-state index in [1.54, 1.807) is 0 Å². The van der Waals surface area contributed by atoms with Gasteiger partial charge in [0.05, 0.1) is 12.3 Å². The Hall–Kier alpha value is -1.88. The number of thiazole rings is 1. The van der Waals surface area contributed by atoms with Gasteiger partial charge in [-0.05, 0) is 57.4 Å². The predicted molar refractivity (Wildman–Crippen MR) is 96.0 cm³/mol. The maximum Gasteiger partial charge on any atom is 0.350 e. The van der Waals surface area contributed by atoms with Crippen LogP contribution in [0.2, 0.25) is 0 Å². The van der Waals surface area contributed by atoms with Crippen molar-refractivity contribution in [2.24, 2.45) is 0 Å². The van der Waals surface area contributed by atoms with Gasteiger partial charge in [-0.25, -0.2) is 9.78 Å². The van der Waals surface area contributed by atoms with E-state index in [1.165, 1.54) is 22.5 Å². The minimum absolute atomic E-state index is 0.167. The van der Waals surface area contributed by atoms with Crippen LogP contribution in [0.25, 0.3) is 10.6 Å². The summed E-state index contributed by atoms with van der Waals surface area (Å²) in [6, 6.07) is 4.28. The molecule has 0 spiro atoms. The fraction of sp³-hybridized carbons (Fsp3) is 0.474. The van der Waals surface area contributed by atoms with Gasteiger partial charge in [-0.2, -0.15) is 0 Å². The summed E-state index contributed by atoms with van der Waals surface area (Å²) >= 11 is 1.40. The Balaban J connectivity index is 2.03. The number of benzene rings is 1. The summed E-state index contributed by atoms with van der Waals surface area (Å²) < 4.78 is 11.2. The molecule has 3 rings (SSSR count). The summed E-state index contributed by atoms with van der Waals surface area (Å²) in [5.74, 6) is 0.727. The van der Waals surface area contributed by atoms with Crippen LogP contribution in [0.4, 0.5) is 0 Å². The number of ether oxygens (including phenoxy) is 2. The summed E-state index contributed by atoms with van der Waals surface area (Å²) in [5, 5.41) is 0.859. The van der Waals surface area contributed by atoms with Gasteiger partial charge >= 0.3 is 5.97 Å². The summed E-state index contributed by atoms with van der Waals surface area (Å²) in [5.41, 5.74) is 4.03. The summed E-state index contributed by atoms with van der Waals surface area (Å²) in [6.45, 7) is 10.4. The quantitative estimate of drug-likeness (QED) is 0.762. The highest BCUT2D eigenvalue weighted by atomic mass is 32.1. The molecule has 1 aromatic heterocycles. The van der Waals surface area contributed by atoms with Gasteiger partial charge in [-0.1, -0.05) is 6.92 Å². The zero-order valence-electron chi connectivity index (χ0n) is 14.9. The summed E-state index contributed by atoms with van der Waals surface area (Å²) in [6.07, 6.45) is 1.79. The van der Waals surface area contributed by atoms with Crippen molar-refractivity contribution in [1.82, 2.24) is 4.98 Å². The lowest BCUT2D eigenvalue weighted by Crippen LogP contribution is -2.24. The van der Waals surface area contributed by atoms with Crippen molar-refractivity contribution in [3.05, 3.63) is 33.8 Å². The van der Waals surface area contributed by atoms with Crippen LogP contribution in [-0.4, -0.2) is 23.2 Å². The lowest BCUT2D eigenvalue weighted by Gasteiger charge is -2.18. The molecular formula is C19H23NO3S. The van der Waals surface area contributed by atoms with Crippen LogP contribution in [0.3, 0.4) is 0 Å². The van der Waals surface area contributed by atoms with E-state index < -0.39 is 0 Å². The Labute approximate surface area is 146 Å². The van der Waals surface area contributed by atoms with Crippen molar-refractivity contribution < 1.29 is 14.3 Å². The number of aryl methyl sites for hydroxylation is 2. The highest BCUT2D eigenvalue weighted by molar-refractivity contribution is 7.17. The van der Waals surface area contributed by atoms with Crippen LogP contribution in [0, 0.1) is 6.92 Å². The molecule has 0 unspecified atom stereocenters. The van der Waals surface area contributed by atoms with Gasteiger partial charge in [-0.3, -0.25) is 0 Å². The fourth-order valence-corrected chi connectivity index (χ4v) is 4.03. The number of aromatic nitrogens is 1. The first-order valence-corrected chi connectivity index (χ1v) is 9.16. The first kappa shape index (κ1) is 17.0. The number of hydrogen-bond acceptors (Lipinski definition) is 5. The molecule has 2 heterocycles. The highest BCUT2D eigenvalue weighted by Gasteiger charge is 2.32. The maximum absolute atomic E-state index is 12.0. The summed E-state index contributed by atoms with van der Waals surface area (Å²) in [4.78, 5) is 17.2. The van der Waals surface area contributed by atoms with E-state index in [2.05, 4.69) is 37.9 Å². The zero-order chi connectivity index (χ0) is 17.5. The lowest BCUT2D eigenvalue weighted by atomic mass is 9.97. The Morgan fingerprint density at radius 3 is 2.79 bits per heavy atom. The first-order valence-electron chi connectivity index (χ1n) is 8.34. The fourth-order valence-electron chi connectivity index (χ4n) is 3.08. The molecule has 0 saturated heterocycles. The van der Waals surface area contributed by atoms with Gasteiger partial charge in [0.25, 0.3) is 0 Å². The molecule has 0 atom stereocenters. The minimum atomic E-state index is -0.292. The normalized spacial score (nSPS) is 15.0. The predicted octanol–water partition coefficient (Wildman–Crippen LogP) is 4.57. The molecule has 1 aliphatic rings. The molecule has 0 N–H and O–H groups in total. The second kappa shape index (κ2) is 6.20. The SMILES string of the molecule is CCOC(=O)c1sc(-c2cc(CC)c3c(c2)CC(C)(C)O3)nc1C. The molecule has 0 fully saturated rings. The van der Waals surface area contributed by atoms with Gasteiger partial charge < -0.3 is 9.47 Å². The second-order valence-electron chi connectivity index (χ2n) is 6.67. The summed E-state index contributed by atoms with van der Waals surface area (Å²) in [7, 11) is 0. The smallest absolute Gasteiger partial charge is 0.350 e. The van der Waals surface area contributed by atoms with Gasteiger partial charge in [0.15, 0.2) is 0 Å². The van der Waals surface area contributed by atoms with Crippen molar-refractivity contribution in [2.75, 3.05) is 6.61 Å². The lowest BCUT2D eigenvalue weighted by molar-refractivity contribution is 0.0531. The van der Waals surface area contributed by atoms with Gasteiger partial charge in [-0.15, -0.1) is 11.3 Å². The van der Waals surface area contributed by atoms with E-state index in [4.69, 9.17) is 9.47 Å². The third-order valence-corrected chi connectivity index (χ3v) is 5.31. The average Bonchev–Trinajstić information content (AvgIpc) is 3.04. The van der Waals surface area contributed by atoms with E-state index in [0.29, 0.717) is 11.5 Å². The topological polar surface area (TPSA) is 48.4 Å². The van der Waals surface area contributed by atoms with Crippen molar-refractivity contribution in [2.45, 2.75) is 53.1 Å². The molecule has 1 aromatic carbocycles. The van der Waals surface area contributed by atoms with Crippen LogP contribution in [0.5, 0.6) is 5.75 Å². The third kappa shape index (κ3) is 3.05. The Morgan fingerprint density at radius 2 is 2.12 bits per heavy atom. The number of fused-ring (bicyclic) bond motifs is 1. The Bertz CT molecular complexity index is 792. The zero-order valence-corrected chi connectivity index (χ0v) is 15.7. The molecule has 2 aromatic rings. The van der Waals surface area contributed by atoms with Crippen LogP contribution in [0.1, 0.15) is 54.2 Å². The van der Waals surface area contributed by atoms with E-state index >= 15 is 0 Å². The molecular weight excluding hydrogens is 322 g/mol. The number of nitrogens with zero attached hydrogens (tertiary/aromatic N) is 1. The van der Waals surface area contributed by atoms with Crippen LogP contribution in [-0.2, 0) is 17.6 Å². The number of rotatable bonds is 4. The maximum atomic E-state index is 12.0. The van der Waals surface area contributed by atoms with Crippen LogP contribution in [0.15, 0.2) is 12.1 Å². The van der Waals surface area contributed by atoms with Crippen LogP contribution < -0.4 is 4.74 Å². The van der Waals surface area contributed by atoms with Crippen molar-refractivity contribution in [3.8, 4) is 16.3 Å². The van der Waals surface area contributed by atoms with Crippen molar-refractivity contribution in [1.29, 1.82) is 0 Å². The molecule has 0 radical (unpaired) electrons. The molecule has 1 aliphatic heterocycles. The molecule has 5 heteroatoms. The Morgan fingerprint density at radius 1 is 1.38 bits per heavy atom. The average molecular weight is 345 g/mol. The molecule has 24 heavy (non-hydrogen) atoms. The van der Waals surface area contributed by atoms with E-state index in [9.17, 15) is 4.79 Å². The minimum Gasteiger partial charge on any atom is -0.487 e. The largest absolute Gasteiger partial charge is 0.487 e. The molecule has 0 bridgehead atoms. The third-order valence-electron chi connectivity index (χ3n) is 4.12. The highest BCUT2D eigenvalue weighted by Crippen LogP contribution is 2.41.